The van der Waals surface area contributed by atoms with Crippen molar-refractivity contribution in [1.29, 1.82) is 0 Å². The first kappa shape index (κ1) is 11.5. The summed E-state index contributed by atoms with van der Waals surface area (Å²) in [7, 11) is 1.60. The number of carbonyl (C=O) groups is 1. The van der Waals surface area contributed by atoms with Crippen molar-refractivity contribution in [2.45, 2.75) is 6.92 Å². The van der Waals surface area contributed by atoms with E-state index in [4.69, 9.17) is 10.5 Å². The Bertz CT molecular complexity index is 350. The number of ether oxygens (including phenoxy) is 1. The van der Waals surface area contributed by atoms with Crippen molar-refractivity contribution in [2.24, 2.45) is 0 Å². The largest absolute Gasteiger partial charge is 0.399 e. The van der Waals surface area contributed by atoms with Gasteiger partial charge in [0.2, 0.25) is 0 Å². The number of amides is 1. The molecule has 0 unspecified atom stereocenters. The fourth-order valence-electron chi connectivity index (χ4n) is 1.25. The number of nitrogen functional groups attached to an aromatic ring is 1. The first-order chi connectivity index (χ1) is 7.15. The number of nitrogens with one attached hydrogen (secondary N) is 1. The van der Waals surface area contributed by atoms with Gasteiger partial charge in [0.1, 0.15) is 0 Å². The van der Waals surface area contributed by atoms with Crippen molar-refractivity contribution in [1.82, 2.24) is 5.32 Å². The topological polar surface area (TPSA) is 64.3 Å². The first-order valence-electron chi connectivity index (χ1n) is 4.78. The second-order valence-electron chi connectivity index (χ2n) is 3.32. The number of hydrogen-bond donors (Lipinski definition) is 2. The van der Waals surface area contributed by atoms with Gasteiger partial charge in [0.05, 0.1) is 6.61 Å². The van der Waals surface area contributed by atoms with Crippen LogP contribution in [0.4, 0.5) is 5.69 Å². The van der Waals surface area contributed by atoms with Gasteiger partial charge in [0.15, 0.2) is 0 Å². The maximum absolute atomic E-state index is 11.7. The lowest BCUT2D eigenvalue weighted by atomic mass is 10.1. The average Bonchev–Trinajstić information content (AvgIpc) is 2.22. The molecule has 15 heavy (non-hydrogen) atoms. The highest BCUT2D eigenvalue weighted by molar-refractivity contribution is 5.96. The molecule has 0 spiro atoms. The van der Waals surface area contributed by atoms with Crippen molar-refractivity contribution in [2.75, 3.05) is 26.0 Å². The van der Waals surface area contributed by atoms with E-state index in [0.717, 1.165) is 5.56 Å². The summed E-state index contributed by atoms with van der Waals surface area (Å²) in [5.41, 5.74) is 7.74. The number of rotatable bonds is 4. The third-order valence-electron chi connectivity index (χ3n) is 2.10. The highest BCUT2D eigenvalue weighted by Gasteiger charge is 2.08. The zero-order chi connectivity index (χ0) is 11.3. The molecule has 0 aliphatic heterocycles. The molecule has 0 aromatic heterocycles. The van der Waals surface area contributed by atoms with Crippen LogP contribution in [0, 0.1) is 6.92 Å². The van der Waals surface area contributed by atoms with E-state index < -0.39 is 0 Å². The molecule has 0 aliphatic carbocycles. The molecule has 0 saturated heterocycles. The number of methoxy groups -OCH3 is 1. The number of carbonyl (C=O) groups excluding carboxylic acids is 1. The third kappa shape index (κ3) is 3.25. The highest BCUT2D eigenvalue weighted by atomic mass is 16.5. The van der Waals surface area contributed by atoms with E-state index in [1.165, 1.54) is 0 Å². The summed E-state index contributed by atoms with van der Waals surface area (Å²) in [6.45, 7) is 2.89. The van der Waals surface area contributed by atoms with Crippen LogP contribution in [-0.2, 0) is 4.74 Å². The van der Waals surface area contributed by atoms with E-state index in [1.807, 2.05) is 13.0 Å². The minimum Gasteiger partial charge on any atom is -0.399 e. The summed E-state index contributed by atoms with van der Waals surface area (Å²) >= 11 is 0. The Labute approximate surface area is 89.4 Å². The molecule has 1 aromatic rings. The summed E-state index contributed by atoms with van der Waals surface area (Å²) in [6.07, 6.45) is 0. The maximum atomic E-state index is 11.7. The van der Waals surface area contributed by atoms with Crippen LogP contribution < -0.4 is 11.1 Å². The Morgan fingerprint density at radius 3 is 2.93 bits per heavy atom. The number of anilines is 1. The lowest BCUT2D eigenvalue weighted by molar-refractivity contribution is 0.0936. The molecular formula is C11H16N2O2. The molecule has 1 rings (SSSR count). The molecule has 0 fully saturated rings. The van der Waals surface area contributed by atoms with Crippen LogP contribution in [0.5, 0.6) is 0 Å². The molecule has 82 valence electrons. The van der Waals surface area contributed by atoms with E-state index in [2.05, 4.69) is 5.32 Å². The van der Waals surface area contributed by atoms with Crippen LogP contribution in [0.1, 0.15) is 15.9 Å². The van der Waals surface area contributed by atoms with Crippen molar-refractivity contribution in [3.05, 3.63) is 29.3 Å². The molecule has 4 heteroatoms. The molecule has 0 radical (unpaired) electrons. The van der Waals surface area contributed by atoms with Gasteiger partial charge in [-0.05, 0) is 24.6 Å². The molecular weight excluding hydrogens is 192 g/mol. The molecule has 0 atom stereocenters. The van der Waals surface area contributed by atoms with Gasteiger partial charge in [-0.1, -0.05) is 6.07 Å². The fourth-order valence-corrected chi connectivity index (χ4v) is 1.25. The van der Waals surface area contributed by atoms with Gasteiger partial charge in [0.25, 0.3) is 5.91 Å². The summed E-state index contributed by atoms with van der Waals surface area (Å²) < 4.78 is 4.84. The van der Waals surface area contributed by atoms with Crippen molar-refractivity contribution in [3.8, 4) is 0 Å². The summed E-state index contributed by atoms with van der Waals surface area (Å²) in [5.74, 6) is -0.114. The predicted octanol–water partition coefficient (Wildman–Crippen LogP) is 0.953. The normalized spacial score (nSPS) is 10.0. The molecule has 0 saturated carbocycles. The zero-order valence-electron chi connectivity index (χ0n) is 9.04. The molecule has 0 heterocycles. The van der Waals surface area contributed by atoms with Gasteiger partial charge in [-0.2, -0.15) is 0 Å². The van der Waals surface area contributed by atoms with Crippen molar-refractivity contribution in [3.63, 3.8) is 0 Å². The molecule has 0 bridgehead atoms. The van der Waals surface area contributed by atoms with Gasteiger partial charge in [0, 0.05) is 24.9 Å². The minimum absolute atomic E-state index is 0.114. The van der Waals surface area contributed by atoms with Gasteiger partial charge >= 0.3 is 0 Å². The number of nitrogens with two attached hydrogens (primary N) is 1. The monoisotopic (exact) mass is 208 g/mol. The summed E-state index contributed by atoms with van der Waals surface area (Å²) in [5, 5.41) is 2.75. The average molecular weight is 208 g/mol. The van der Waals surface area contributed by atoms with Crippen LogP contribution in [0.15, 0.2) is 18.2 Å². The van der Waals surface area contributed by atoms with Gasteiger partial charge in [-0.15, -0.1) is 0 Å². The van der Waals surface area contributed by atoms with Crippen LogP contribution in [-0.4, -0.2) is 26.2 Å². The second-order valence-corrected chi connectivity index (χ2v) is 3.32. The SMILES string of the molecule is COCCNC(=O)c1cc(N)ccc1C. The van der Waals surface area contributed by atoms with Crippen LogP contribution in [0.2, 0.25) is 0 Å². The quantitative estimate of drug-likeness (QED) is 0.572. The Hall–Kier alpha value is -1.55. The van der Waals surface area contributed by atoms with E-state index in [9.17, 15) is 4.79 Å². The number of aryl methyl sites for hydroxylation is 1. The van der Waals surface area contributed by atoms with E-state index in [0.29, 0.717) is 24.4 Å². The van der Waals surface area contributed by atoms with Crippen LogP contribution >= 0.6 is 0 Å². The third-order valence-corrected chi connectivity index (χ3v) is 2.10. The van der Waals surface area contributed by atoms with Crippen molar-refractivity contribution >= 4 is 11.6 Å². The van der Waals surface area contributed by atoms with Gasteiger partial charge < -0.3 is 15.8 Å². The smallest absolute Gasteiger partial charge is 0.251 e. The van der Waals surface area contributed by atoms with Gasteiger partial charge in [-0.25, -0.2) is 0 Å². The zero-order valence-corrected chi connectivity index (χ0v) is 9.04. The highest BCUT2D eigenvalue weighted by Crippen LogP contribution is 2.12. The lowest BCUT2D eigenvalue weighted by Gasteiger charge is -2.07. The van der Waals surface area contributed by atoms with Gasteiger partial charge in [-0.3, -0.25) is 4.79 Å². The van der Waals surface area contributed by atoms with Crippen LogP contribution in [0.25, 0.3) is 0 Å². The Kier molecular flexibility index (Phi) is 4.12. The van der Waals surface area contributed by atoms with Crippen molar-refractivity contribution < 1.29 is 9.53 Å². The number of hydrogen-bond acceptors (Lipinski definition) is 3. The van der Waals surface area contributed by atoms with E-state index in [1.54, 1.807) is 19.2 Å². The first-order valence-corrected chi connectivity index (χ1v) is 4.78. The molecule has 0 aliphatic rings. The van der Waals surface area contributed by atoms with Crippen LogP contribution in [0.3, 0.4) is 0 Å². The van der Waals surface area contributed by atoms with E-state index in [-0.39, 0.29) is 5.91 Å². The lowest BCUT2D eigenvalue weighted by Crippen LogP contribution is -2.27. The second kappa shape index (κ2) is 5.36. The molecule has 1 amide bonds. The molecule has 3 N–H and O–H groups in total. The standard InChI is InChI=1S/C11H16N2O2/c1-8-3-4-9(12)7-10(8)11(14)13-5-6-15-2/h3-4,7H,5-6,12H2,1-2H3,(H,13,14). The maximum Gasteiger partial charge on any atom is 0.251 e. The summed E-state index contributed by atoms with van der Waals surface area (Å²) in [4.78, 5) is 11.7. The summed E-state index contributed by atoms with van der Waals surface area (Å²) in [6, 6.07) is 5.29. The Morgan fingerprint density at radius 2 is 2.27 bits per heavy atom. The van der Waals surface area contributed by atoms with E-state index >= 15 is 0 Å². The Balaban J connectivity index is 2.68. The molecule has 4 nitrogen and oxygen atoms in total. The predicted molar refractivity (Wildman–Crippen MR) is 59.8 cm³/mol. The molecule has 1 aromatic carbocycles. The fraction of sp³-hybridized carbons (Fsp3) is 0.364. The minimum atomic E-state index is -0.114. The number of benzene rings is 1. The Morgan fingerprint density at radius 1 is 1.53 bits per heavy atom.